The highest BCUT2D eigenvalue weighted by Gasteiger charge is 2.20. The first-order valence-electron chi connectivity index (χ1n) is 15.3. The molecule has 10 nitrogen and oxygen atoms in total. The SMILES string of the molecule is Cc1cc(C)n(CCN(CCCCc2ccc3c(n2)NCCC3)CC[C@H](Nc2cc(-c3ccccc3)ncn2)C(=O)O)n1. The summed E-state index contributed by atoms with van der Waals surface area (Å²) >= 11 is 0. The third-order valence-electron chi connectivity index (χ3n) is 7.93. The van der Waals surface area contributed by atoms with Crippen molar-refractivity contribution in [3.8, 4) is 11.3 Å². The number of rotatable bonds is 15. The lowest BCUT2D eigenvalue weighted by atomic mass is 10.1. The Bertz CT molecular complexity index is 1490. The zero-order valence-corrected chi connectivity index (χ0v) is 25.2. The van der Waals surface area contributed by atoms with Crippen LogP contribution in [0.1, 0.15) is 48.3 Å². The van der Waals surface area contributed by atoms with Gasteiger partial charge in [0.2, 0.25) is 0 Å². The maximum absolute atomic E-state index is 12.3. The van der Waals surface area contributed by atoms with Crippen LogP contribution in [0.5, 0.6) is 0 Å². The number of nitrogens with one attached hydrogen (secondary N) is 2. The number of aromatic nitrogens is 5. The number of carboxylic acid groups (broad SMARTS) is 1. The summed E-state index contributed by atoms with van der Waals surface area (Å²) in [4.78, 5) is 28.1. The highest BCUT2D eigenvalue weighted by Crippen LogP contribution is 2.21. The van der Waals surface area contributed by atoms with Gasteiger partial charge in [-0.15, -0.1) is 0 Å². The molecule has 4 heterocycles. The van der Waals surface area contributed by atoms with Crippen molar-refractivity contribution >= 4 is 17.6 Å². The Morgan fingerprint density at radius 1 is 1.07 bits per heavy atom. The standard InChI is InChI=1S/C33H42N8O2/c1-24-21-25(2)41(39-24)20-19-40(17-7-6-12-28-14-13-27-11-8-16-34-32(27)37-28)18-15-29(33(42)43)38-31-22-30(35-23-36-31)26-9-4-3-5-10-26/h3-5,9-10,13-14,21-23,29H,6-8,11-12,15-20H2,1-2H3,(H,34,37)(H,42,43)(H,35,36,38)/t29-/m0/s1. The van der Waals surface area contributed by atoms with Gasteiger partial charge in [0, 0.05) is 42.7 Å². The van der Waals surface area contributed by atoms with Crippen LogP contribution < -0.4 is 10.6 Å². The van der Waals surface area contributed by atoms with Crippen LogP contribution >= 0.6 is 0 Å². The molecule has 0 bridgehead atoms. The Hall–Kier alpha value is -4.31. The van der Waals surface area contributed by atoms with Crippen LogP contribution in [0, 0.1) is 13.8 Å². The van der Waals surface area contributed by atoms with Gasteiger partial charge in [0.1, 0.15) is 24.0 Å². The molecule has 1 aromatic carbocycles. The van der Waals surface area contributed by atoms with E-state index < -0.39 is 12.0 Å². The van der Waals surface area contributed by atoms with Crippen molar-refractivity contribution in [2.75, 3.05) is 36.8 Å². The maximum Gasteiger partial charge on any atom is 0.326 e. The Kier molecular flexibility index (Phi) is 10.3. The van der Waals surface area contributed by atoms with Crippen LogP contribution in [0.15, 0.2) is 60.9 Å². The molecule has 1 aliphatic rings. The summed E-state index contributed by atoms with van der Waals surface area (Å²) in [7, 11) is 0. The lowest BCUT2D eigenvalue weighted by molar-refractivity contribution is -0.138. The van der Waals surface area contributed by atoms with Gasteiger partial charge in [-0.3, -0.25) is 4.68 Å². The number of hydrogen-bond acceptors (Lipinski definition) is 8. The predicted molar refractivity (Wildman–Crippen MR) is 169 cm³/mol. The molecular formula is C33H42N8O2. The van der Waals surface area contributed by atoms with Crippen molar-refractivity contribution in [2.45, 2.75) is 65.0 Å². The summed E-state index contributed by atoms with van der Waals surface area (Å²) in [5.41, 5.74) is 6.27. The Morgan fingerprint density at radius 3 is 2.72 bits per heavy atom. The van der Waals surface area contributed by atoms with E-state index >= 15 is 0 Å². The fourth-order valence-electron chi connectivity index (χ4n) is 5.57. The molecule has 43 heavy (non-hydrogen) atoms. The van der Waals surface area contributed by atoms with Gasteiger partial charge in [-0.25, -0.2) is 19.7 Å². The molecule has 0 spiro atoms. The normalized spacial score (nSPS) is 13.4. The number of aliphatic carboxylic acids is 1. The van der Waals surface area contributed by atoms with Crippen molar-refractivity contribution < 1.29 is 9.90 Å². The molecule has 0 unspecified atom stereocenters. The van der Waals surface area contributed by atoms with Gasteiger partial charge in [-0.05, 0) is 76.6 Å². The van der Waals surface area contributed by atoms with Gasteiger partial charge >= 0.3 is 5.97 Å². The topological polar surface area (TPSA) is 121 Å². The summed E-state index contributed by atoms with van der Waals surface area (Å²) in [5.74, 6) is 0.648. The van der Waals surface area contributed by atoms with E-state index in [1.807, 2.05) is 41.9 Å². The molecule has 3 N–H and O–H groups in total. The Labute approximate surface area is 253 Å². The van der Waals surface area contributed by atoms with Crippen molar-refractivity contribution in [3.63, 3.8) is 0 Å². The molecule has 4 aromatic rings. The quantitative estimate of drug-likeness (QED) is 0.166. The van der Waals surface area contributed by atoms with Crippen molar-refractivity contribution in [1.82, 2.24) is 29.6 Å². The molecule has 0 amide bonds. The van der Waals surface area contributed by atoms with Crippen molar-refractivity contribution in [1.29, 1.82) is 0 Å². The number of carbonyl (C=O) groups is 1. The number of aryl methyl sites for hydroxylation is 4. The first-order chi connectivity index (χ1) is 20.9. The van der Waals surface area contributed by atoms with Gasteiger partial charge in [-0.2, -0.15) is 5.10 Å². The van der Waals surface area contributed by atoms with E-state index in [2.05, 4.69) is 55.7 Å². The van der Waals surface area contributed by atoms with Gasteiger partial charge in [0.05, 0.1) is 17.9 Å². The minimum atomic E-state index is -0.898. The molecule has 0 aliphatic carbocycles. The highest BCUT2D eigenvalue weighted by molar-refractivity contribution is 5.77. The number of benzene rings is 1. The monoisotopic (exact) mass is 582 g/mol. The fraction of sp³-hybridized carbons (Fsp3) is 0.424. The fourth-order valence-corrected chi connectivity index (χ4v) is 5.57. The third-order valence-corrected chi connectivity index (χ3v) is 7.93. The first-order valence-corrected chi connectivity index (χ1v) is 15.3. The molecule has 1 aliphatic heterocycles. The van der Waals surface area contributed by atoms with Crippen LogP contribution in [0.25, 0.3) is 11.3 Å². The van der Waals surface area contributed by atoms with Crippen LogP contribution in [0.4, 0.5) is 11.6 Å². The number of carboxylic acids is 1. The molecule has 3 aromatic heterocycles. The van der Waals surface area contributed by atoms with Gasteiger partial charge in [0.25, 0.3) is 0 Å². The van der Waals surface area contributed by atoms with E-state index in [0.717, 1.165) is 92.4 Å². The van der Waals surface area contributed by atoms with Gasteiger partial charge in [-0.1, -0.05) is 36.4 Å². The van der Waals surface area contributed by atoms with E-state index in [-0.39, 0.29) is 0 Å². The highest BCUT2D eigenvalue weighted by atomic mass is 16.4. The summed E-state index contributed by atoms with van der Waals surface area (Å²) in [6.07, 6.45) is 7.11. The summed E-state index contributed by atoms with van der Waals surface area (Å²) in [6, 6.07) is 17.3. The van der Waals surface area contributed by atoms with Crippen LogP contribution in [0.3, 0.4) is 0 Å². The molecule has 0 fully saturated rings. The zero-order valence-electron chi connectivity index (χ0n) is 25.2. The number of fused-ring (bicyclic) bond motifs is 1. The lowest BCUT2D eigenvalue weighted by Crippen LogP contribution is -2.37. The lowest BCUT2D eigenvalue weighted by Gasteiger charge is -2.25. The molecule has 0 saturated heterocycles. The average Bonchev–Trinajstić information content (AvgIpc) is 3.35. The zero-order chi connectivity index (χ0) is 30.0. The van der Waals surface area contributed by atoms with Crippen LogP contribution in [0.2, 0.25) is 0 Å². The van der Waals surface area contributed by atoms with E-state index in [0.29, 0.717) is 18.8 Å². The van der Waals surface area contributed by atoms with Crippen molar-refractivity contribution in [2.24, 2.45) is 0 Å². The largest absolute Gasteiger partial charge is 0.480 e. The average molecular weight is 583 g/mol. The second-order valence-corrected chi connectivity index (χ2v) is 11.3. The number of unbranched alkanes of at least 4 members (excludes halogenated alkanes) is 1. The molecule has 0 radical (unpaired) electrons. The van der Waals surface area contributed by atoms with Crippen LogP contribution in [-0.4, -0.2) is 72.9 Å². The minimum absolute atomic E-state index is 0.440. The summed E-state index contributed by atoms with van der Waals surface area (Å²) in [6.45, 7) is 8.13. The molecular weight excluding hydrogens is 540 g/mol. The third kappa shape index (κ3) is 8.61. The molecule has 5 rings (SSSR count). The van der Waals surface area contributed by atoms with Gasteiger partial charge in [0.15, 0.2) is 0 Å². The smallest absolute Gasteiger partial charge is 0.326 e. The second kappa shape index (κ2) is 14.7. The molecule has 226 valence electrons. The second-order valence-electron chi connectivity index (χ2n) is 11.3. The van der Waals surface area contributed by atoms with E-state index in [1.165, 1.54) is 11.9 Å². The van der Waals surface area contributed by atoms with E-state index in [9.17, 15) is 9.90 Å². The number of anilines is 2. The van der Waals surface area contributed by atoms with Crippen LogP contribution in [-0.2, 0) is 24.2 Å². The van der Waals surface area contributed by atoms with Gasteiger partial charge < -0.3 is 20.6 Å². The molecule has 0 saturated carbocycles. The Morgan fingerprint density at radius 2 is 1.93 bits per heavy atom. The van der Waals surface area contributed by atoms with Crippen molar-refractivity contribution in [3.05, 3.63) is 83.6 Å². The maximum atomic E-state index is 12.3. The van der Waals surface area contributed by atoms with E-state index in [4.69, 9.17) is 4.98 Å². The predicted octanol–water partition coefficient (Wildman–Crippen LogP) is 4.99. The number of pyridine rings is 1. The summed E-state index contributed by atoms with van der Waals surface area (Å²) < 4.78 is 2.03. The number of nitrogens with zero attached hydrogens (tertiary/aromatic N) is 6. The molecule has 10 heteroatoms. The summed E-state index contributed by atoms with van der Waals surface area (Å²) in [5, 5.41) is 21.2. The Balaban J connectivity index is 1.19. The number of hydrogen-bond donors (Lipinski definition) is 3. The minimum Gasteiger partial charge on any atom is -0.480 e. The first kappa shape index (κ1) is 30.2. The molecule has 1 atom stereocenters. The van der Waals surface area contributed by atoms with E-state index in [1.54, 1.807) is 6.07 Å².